The zero-order chi connectivity index (χ0) is 17.8. The molecule has 2 aromatic rings. The third kappa shape index (κ3) is 6.34. The van der Waals surface area contributed by atoms with E-state index in [9.17, 15) is 4.79 Å². The van der Waals surface area contributed by atoms with Crippen molar-refractivity contribution in [3.05, 3.63) is 57.2 Å². The van der Waals surface area contributed by atoms with E-state index >= 15 is 0 Å². The summed E-state index contributed by atoms with van der Waals surface area (Å²) < 4.78 is 0.826. The molecule has 0 spiro atoms. The molecule has 1 aromatic carbocycles. The molecule has 150 valence electrons. The van der Waals surface area contributed by atoms with Gasteiger partial charge >= 0.3 is 0 Å². The fraction of sp³-hybridized carbons (Fsp3) is 0.421. The van der Waals surface area contributed by atoms with Gasteiger partial charge in [0.15, 0.2) is 0 Å². The average molecular weight is 451 g/mol. The zero-order valence-electron chi connectivity index (χ0n) is 15.2. The highest BCUT2D eigenvalue weighted by Gasteiger charge is 2.29. The lowest BCUT2D eigenvalue weighted by atomic mass is 9.94. The van der Waals surface area contributed by atoms with Crippen molar-refractivity contribution in [2.75, 3.05) is 26.2 Å². The van der Waals surface area contributed by atoms with Crippen LogP contribution in [0.5, 0.6) is 0 Å². The maximum atomic E-state index is 12.8. The van der Waals surface area contributed by atoms with E-state index in [1.165, 1.54) is 4.88 Å². The summed E-state index contributed by atoms with van der Waals surface area (Å²) in [6, 6.07) is 13.6. The predicted molar refractivity (Wildman–Crippen MR) is 118 cm³/mol. The Morgan fingerprint density at radius 3 is 2.30 bits per heavy atom. The molecule has 0 aliphatic carbocycles. The number of nitrogens with two attached hydrogens (primary N) is 1. The Kier molecular flexibility index (Phi) is 10.1. The Morgan fingerprint density at radius 1 is 1.11 bits per heavy atom. The summed E-state index contributed by atoms with van der Waals surface area (Å²) in [4.78, 5) is 18.4. The Hall–Kier alpha value is -0.820. The molecule has 2 N–H and O–H groups in total. The highest BCUT2D eigenvalue weighted by molar-refractivity contribution is 7.16. The van der Waals surface area contributed by atoms with Crippen molar-refractivity contribution in [3.63, 3.8) is 0 Å². The largest absolute Gasteiger partial charge is 0.340 e. The summed E-state index contributed by atoms with van der Waals surface area (Å²) in [6.07, 6.45) is 0. The summed E-state index contributed by atoms with van der Waals surface area (Å²) >= 11 is 7.61. The first kappa shape index (κ1) is 24.2. The minimum absolute atomic E-state index is 0. The topological polar surface area (TPSA) is 49.6 Å². The monoisotopic (exact) mass is 449 g/mol. The van der Waals surface area contributed by atoms with E-state index in [0.717, 1.165) is 42.6 Å². The first-order valence-electron chi connectivity index (χ1n) is 8.60. The summed E-state index contributed by atoms with van der Waals surface area (Å²) in [5.74, 6) is -0.0692. The molecular formula is C19H26Cl3N3OS. The molecule has 0 bridgehead atoms. The fourth-order valence-corrected chi connectivity index (χ4v) is 4.32. The van der Waals surface area contributed by atoms with Crippen molar-refractivity contribution >= 4 is 53.7 Å². The van der Waals surface area contributed by atoms with Crippen LogP contribution < -0.4 is 5.73 Å². The second-order valence-corrected chi connectivity index (χ2v) is 8.33. The number of thiophene rings is 1. The normalized spacial score (nSPS) is 16.8. The molecule has 8 heteroatoms. The van der Waals surface area contributed by atoms with Crippen molar-refractivity contribution in [3.8, 4) is 0 Å². The summed E-state index contributed by atoms with van der Waals surface area (Å²) in [5.41, 5.74) is 7.32. The molecule has 2 atom stereocenters. The van der Waals surface area contributed by atoms with Crippen LogP contribution in [0.25, 0.3) is 0 Å². The Balaban J connectivity index is 0.00000182. The number of amides is 1. The molecule has 3 rings (SSSR count). The van der Waals surface area contributed by atoms with Crippen LogP contribution in [-0.2, 0) is 11.3 Å². The molecule has 2 unspecified atom stereocenters. The van der Waals surface area contributed by atoms with Gasteiger partial charge in [0.25, 0.3) is 0 Å². The van der Waals surface area contributed by atoms with Crippen LogP contribution in [0.4, 0.5) is 0 Å². The third-order valence-corrected chi connectivity index (χ3v) is 6.02. The van der Waals surface area contributed by atoms with Gasteiger partial charge in [0, 0.05) is 43.6 Å². The van der Waals surface area contributed by atoms with Gasteiger partial charge < -0.3 is 10.6 Å². The van der Waals surface area contributed by atoms with Gasteiger partial charge in [-0.2, -0.15) is 0 Å². The number of carbonyl (C=O) groups excluding carboxylic acids is 1. The van der Waals surface area contributed by atoms with Crippen LogP contribution in [0, 0.1) is 5.92 Å². The summed E-state index contributed by atoms with van der Waals surface area (Å²) in [6.45, 7) is 6.11. The van der Waals surface area contributed by atoms with Crippen molar-refractivity contribution in [1.82, 2.24) is 9.80 Å². The van der Waals surface area contributed by atoms with E-state index in [4.69, 9.17) is 17.3 Å². The lowest BCUT2D eigenvalue weighted by molar-refractivity contribution is -0.137. The molecule has 4 nitrogen and oxygen atoms in total. The van der Waals surface area contributed by atoms with E-state index in [1.807, 2.05) is 48.2 Å². The standard InChI is InChI=1S/C19H24ClN3OS.2ClH/c1-14(18(21)15-5-3-2-4-6-15)19(24)23-11-9-22(10-12-23)13-16-7-8-17(20)25-16;;/h2-8,14,18H,9-13,21H2,1H3;2*1H. The molecule has 1 saturated heterocycles. The minimum Gasteiger partial charge on any atom is -0.340 e. The molecule has 1 amide bonds. The average Bonchev–Trinajstić information content (AvgIpc) is 3.06. The number of hydrogen-bond acceptors (Lipinski definition) is 4. The van der Waals surface area contributed by atoms with Crippen LogP contribution in [0.3, 0.4) is 0 Å². The molecular weight excluding hydrogens is 425 g/mol. The van der Waals surface area contributed by atoms with Gasteiger partial charge in [0.2, 0.25) is 5.91 Å². The molecule has 0 saturated carbocycles. The van der Waals surface area contributed by atoms with Crippen molar-refractivity contribution in [2.24, 2.45) is 11.7 Å². The zero-order valence-corrected chi connectivity index (χ0v) is 18.4. The van der Waals surface area contributed by atoms with Gasteiger partial charge in [-0.05, 0) is 17.7 Å². The Morgan fingerprint density at radius 2 is 1.74 bits per heavy atom. The number of benzene rings is 1. The molecule has 1 aromatic heterocycles. The van der Waals surface area contributed by atoms with Crippen LogP contribution in [0.1, 0.15) is 23.4 Å². The first-order valence-corrected chi connectivity index (χ1v) is 9.80. The molecule has 27 heavy (non-hydrogen) atoms. The van der Waals surface area contributed by atoms with E-state index in [0.29, 0.717) is 0 Å². The van der Waals surface area contributed by atoms with Crippen molar-refractivity contribution in [2.45, 2.75) is 19.5 Å². The van der Waals surface area contributed by atoms with Crippen LogP contribution in [0.15, 0.2) is 42.5 Å². The molecule has 1 aliphatic heterocycles. The van der Waals surface area contributed by atoms with E-state index in [1.54, 1.807) is 11.3 Å². The predicted octanol–water partition coefficient (Wildman–Crippen LogP) is 4.23. The van der Waals surface area contributed by atoms with E-state index in [-0.39, 0.29) is 42.7 Å². The van der Waals surface area contributed by atoms with Gasteiger partial charge in [-0.25, -0.2) is 0 Å². The summed E-state index contributed by atoms with van der Waals surface area (Å²) in [5, 5.41) is 0. The highest BCUT2D eigenvalue weighted by atomic mass is 35.5. The molecule has 1 aliphatic rings. The third-order valence-electron chi connectivity index (χ3n) is 4.80. The maximum Gasteiger partial charge on any atom is 0.227 e. The second kappa shape index (κ2) is 11.2. The highest BCUT2D eigenvalue weighted by Crippen LogP contribution is 2.24. The molecule has 0 radical (unpaired) electrons. The fourth-order valence-electron chi connectivity index (χ4n) is 3.19. The van der Waals surface area contributed by atoms with Gasteiger partial charge in [0.1, 0.15) is 0 Å². The van der Waals surface area contributed by atoms with Crippen LogP contribution >= 0.6 is 47.8 Å². The maximum absolute atomic E-state index is 12.8. The molecule has 2 heterocycles. The smallest absolute Gasteiger partial charge is 0.227 e. The number of nitrogens with zero attached hydrogens (tertiary/aromatic N) is 2. The number of halogens is 3. The number of rotatable bonds is 5. The Bertz CT molecular complexity index is 705. The van der Waals surface area contributed by atoms with E-state index < -0.39 is 0 Å². The van der Waals surface area contributed by atoms with Crippen molar-refractivity contribution in [1.29, 1.82) is 0 Å². The quantitative estimate of drug-likeness (QED) is 0.742. The minimum atomic E-state index is -0.264. The lowest BCUT2D eigenvalue weighted by Gasteiger charge is -2.36. The van der Waals surface area contributed by atoms with Gasteiger partial charge in [-0.1, -0.05) is 48.9 Å². The summed E-state index contributed by atoms with van der Waals surface area (Å²) in [7, 11) is 0. The number of carbonyl (C=O) groups is 1. The first-order chi connectivity index (χ1) is 12.0. The van der Waals surface area contributed by atoms with Crippen LogP contribution in [0.2, 0.25) is 4.34 Å². The van der Waals surface area contributed by atoms with Gasteiger partial charge in [0.05, 0.1) is 10.3 Å². The van der Waals surface area contributed by atoms with Crippen LogP contribution in [-0.4, -0.2) is 41.9 Å². The van der Waals surface area contributed by atoms with Crippen molar-refractivity contribution < 1.29 is 4.79 Å². The van der Waals surface area contributed by atoms with E-state index in [2.05, 4.69) is 11.0 Å². The second-order valence-electron chi connectivity index (χ2n) is 6.53. The van der Waals surface area contributed by atoms with Gasteiger partial charge in [-0.15, -0.1) is 36.2 Å². The number of piperazine rings is 1. The SMILES string of the molecule is CC(C(=O)N1CCN(Cc2ccc(Cl)s2)CC1)C(N)c1ccccc1.Cl.Cl. The molecule has 1 fully saturated rings. The Labute approximate surface area is 182 Å². The van der Waals surface area contributed by atoms with Gasteiger partial charge in [-0.3, -0.25) is 9.69 Å². The number of hydrogen-bond donors (Lipinski definition) is 1. The lowest BCUT2D eigenvalue weighted by Crippen LogP contribution is -2.50.